The third-order valence-electron chi connectivity index (χ3n) is 5.40. The van der Waals surface area contributed by atoms with E-state index in [9.17, 15) is 12.8 Å². The molecule has 0 fully saturated rings. The molecule has 0 spiro atoms. The van der Waals surface area contributed by atoms with Gasteiger partial charge < -0.3 is 9.80 Å². The molecule has 8 nitrogen and oxygen atoms in total. The van der Waals surface area contributed by atoms with E-state index in [0.717, 1.165) is 34.9 Å². The van der Waals surface area contributed by atoms with Gasteiger partial charge in [-0.1, -0.05) is 19.1 Å². The molecule has 2 aromatic carbocycles. The van der Waals surface area contributed by atoms with Crippen LogP contribution in [0.5, 0.6) is 0 Å². The van der Waals surface area contributed by atoms with E-state index in [4.69, 9.17) is 0 Å². The molecule has 4 aromatic rings. The van der Waals surface area contributed by atoms with E-state index in [2.05, 4.69) is 20.2 Å². The summed E-state index contributed by atoms with van der Waals surface area (Å²) in [6.07, 6.45) is 3.14. The lowest BCUT2D eigenvalue weighted by Gasteiger charge is -2.22. The van der Waals surface area contributed by atoms with E-state index in [1.165, 1.54) is 6.26 Å². The number of hydrogen-bond acceptors (Lipinski definition) is 7. The van der Waals surface area contributed by atoms with Gasteiger partial charge in [0.15, 0.2) is 21.5 Å². The zero-order valence-corrected chi connectivity index (χ0v) is 19.7. The number of sulfone groups is 1. The SMILES string of the molecule is CCc1n[nH]c2cc(N(C)c3nc(N(C)c4cccc(CS(C)(=O)=O)c4)ncc3F)ccc12. The van der Waals surface area contributed by atoms with E-state index in [1.54, 1.807) is 42.1 Å². The lowest BCUT2D eigenvalue weighted by Crippen LogP contribution is -2.18. The Labute approximate surface area is 192 Å². The van der Waals surface area contributed by atoms with Crippen molar-refractivity contribution in [3.8, 4) is 0 Å². The first-order valence-corrected chi connectivity index (χ1v) is 12.5. The van der Waals surface area contributed by atoms with Gasteiger partial charge in [0.1, 0.15) is 0 Å². The fourth-order valence-electron chi connectivity index (χ4n) is 3.68. The van der Waals surface area contributed by atoms with Crippen LogP contribution in [0.3, 0.4) is 0 Å². The Morgan fingerprint density at radius 2 is 1.82 bits per heavy atom. The second-order valence-corrected chi connectivity index (χ2v) is 10.1. The van der Waals surface area contributed by atoms with Crippen molar-refractivity contribution in [2.75, 3.05) is 30.2 Å². The van der Waals surface area contributed by atoms with Crippen LogP contribution >= 0.6 is 0 Å². The summed E-state index contributed by atoms with van der Waals surface area (Å²) in [5.41, 5.74) is 3.94. The molecule has 2 aromatic heterocycles. The monoisotopic (exact) mass is 468 g/mol. The lowest BCUT2D eigenvalue weighted by atomic mass is 10.1. The summed E-state index contributed by atoms with van der Waals surface area (Å²) in [4.78, 5) is 11.9. The van der Waals surface area contributed by atoms with Crippen LogP contribution in [0.4, 0.5) is 27.5 Å². The van der Waals surface area contributed by atoms with Crippen molar-refractivity contribution in [2.24, 2.45) is 0 Å². The van der Waals surface area contributed by atoms with Gasteiger partial charge in [0.2, 0.25) is 5.95 Å². The first-order valence-electron chi connectivity index (χ1n) is 10.4. The minimum Gasteiger partial charge on any atom is -0.327 e. The Bertz CT molecular complexity index is 1420. The molecule has 0 bridgehead atoms. The van der Waals surface area contributed by atoms with Gasteiger partial charge in [0.05, 0.1) is 23.2 Å². The molecule has 172 valence electrons. The molecule has 0 saturated heterocycles. The van der Waals surface area contributed by atoms with Crippen LogP contribution in [0.2, 0.25) is 0 Å². The number of nitrogens with one attached hydrogen (secondary N) is 1. The summed E-state index contributed by atoms with van der Waals surface area (Å²) in [6, 6.07) is 12.9. The Hall–Kier alpha value is -3.53. The van der Waals surface area contributed by atoms with Gasteiger partial charge >= 0.3 is 0 Å². The average molecular weight is 469 g/mol. The Morgan fingerprint density at radius 1 is 1.06 bits per heavy atom. The van der Waals surface area contributed by atoms with Crippen molar-refractivity contribution in [2.45, 2.75) is 19.1 Å². The van der Waals surface area contributed by atoms with Crippen molar-refractivity contribution in [3.05, 3.63) is 65.7 Å². The molecule has 4 rings (SSSR count). The molecule has 0 atom stereocenters. The summed E-state index contributed by atoms with van der Waals surface area (Å²) >= 11 is 0. The highest BCUT2D eigenvalue weighted by molar-refractivity contribution is 7.89. The topological polar surface area (TPSA) is 95.1 Å². The molecule has 2 heterocycles. The molecule has 10 heteroatoms. The number of benzene rings is 2. The highest BCUT2D eigenvalue weighted by Gasteiger charge is 2.17. The molecule has 1 N–H and O–H groups in total. The molecular formula is C23H25FN6O2S. The van der Waals surface area contributed by atoms with Crippen molar-refractivity contribution in [3.63, 3.8) is 0 Å². The van der Waals surface area contributed by atoms with Crippen LogP contribution < -0.4 is 9.80 Å². The van der Waals surface area contributed by atoms with Crippen molar-refractivity contribution < 1.29 is 12.8 Å². The van der Waals surface area contributed by atoms with Crippen molar-refractivity contribution in [1.29, 1.82) is 0 Å². The van der Waals surface area contributed by atoms with E-state index >= 15 is 0 Å². The predicted octanol–water partition coefficient (Wildman–Crippen LogP) is 4.13. The smallest absolute Gasteiger partial charge is 0.231 e. The highest BCUT2D eigenvalue weighted by atomic mass is 32.2. The predicted molar refractivity (Wildman–Crippen MR) is 129 cm³/mol. The molecule has 0 unspecified atom stereocenters. The number of halogens is 1. The first kappa shape index (κ1) is 22.7. The number of H-pyrrole nitrogens is 1. The van der Waals surface area contributed by atoms with E-state index in [0.29, 0.717) is 11.3 Å². The number of fused-ring (bicyclic) bond motifs is 1. The molecule has 0 saturated carbocycles. The highest BCUT2D eigenvalue weighted by Crippen LogP contribution is 2.30. The Morgan fingerprint density at radius 3 is 2.55 bits per heavy atom. The van der Waals surface area contributed by atoms with Crippen LogP contribution in [0, 0.1) is 5.82 Å². The van der Waals surface area contributed by atoms with Gasteiger partial charge in [0.25, 0.3) is 0 Å². The van der Waals surface area contributed by atoms with E-state index < -0.39 is 15.7 Å². The number of anilines is 4. The third-order valence-corrected chi connectivity index (χ3v) is 6.26. The number of aryl methyl sites for hydroxylation is 1. The fraction of sp³-hybridized carbons (Fsp3) is 0.261. The molecule has 0 aliphatic heterocycles. The van der Waals surface area contributed by atoms with Gasteiger partial charge in [-0.3, -0.25) is 5.10 Å². The van der Waals surface area contributed by atoms with Crippen LogP contribution in [0.25, 0.3) is 10.9 Å². The summed E-state index contributed by atoms with van der Waals surface area (Å²) in [7, 11) is 0.318. The average Bonchev–Trinajstić information content (AvgIpc) is 3.20. The molecule has 33 heavy (non-hydrogen) atoms. The maximum Gasteiger partial charge on any atom is 0.231 e. The number of nitrogens with zero attached hydrogens (tertiary/aromatic N) is 5. The summed E-state index contributed by atoms with van der Waals surface area (Å²) in [6.45, 7) is 2.04. The largest absolute Gasteiger partial charge is 0.327 e. The van der Waals surface area contributed by atoms with E-state index in [1.807, 2.05) is 31.2 Å². The summed E-state index contributed by atoms with van der Waals surface area (Å²) < 4.78 is 38.0. The quantitative estimate of drug-likeness (QED) is 0.436. The van der Waals surface area contributed by atoms with Crippen molar-refractivity contribution in [1.82, 2.24) is 20.2 Å². The zero-order valence-electron chi connectivity index (χ0n) is 18.9. The Kier molecular flexibility index (Phi) is 6.03. The number of aromatic amines is 1. The maximum atomic E-state index is 14.7. The zero-order chi connectivity index (χ0) is 23.8. The standard InChI is InChI=1S/C23H25FN6O2S/c1-5-20-18-10-9-17(12-21(18)28-27-20)29(2)22-19(24)13-25-23(26-22)30(3)16-8-6-7-15(11-16)14-33(4,31)32/h6-13H,5,14H2,1-4H3,(H,27,28). The normalized spacial score (nSPS) is 11.7. The molecular weight excluding hydrogens is 443 g/mol. The second-order valence-electron chi connectivity index (χ2n) is 7.95. The minimum absolute atomic E-state index is 0.0667. The summed E-state index contributed by atoms with van der Waals surface area (Å²) in [5.74, 6) is -0.221. The van der Waals surface area contributed by atoms with Gasteiger partial charge in [-0.05, 0) is 42.3 Å². The number of rotatable bonds is 7. The first-order chi connectivity index (χ1) is 15.7. The lowest BCUT2D eigenvalue weighted by molar-refractivity contribution is 0.601. The third kappa shape index (κ3) is 4.80. The van der Waals surface area contributed by atoms with Crippen LogP contribution in [0.15, 0.2) is 48.7 Å². The van der Waals surface area contributed by atoms with Gasteiger partial charge in [0, 0.05) is 37.1 Å². The Balaban J connectivity index is 1.66. The second kappa shape index (κ2) is 8.78. The molecule has 0 radical (unpaired) electrons. The van der Waals surface area contributed by atoms with Crippen molar-refractivity contribution >= 4 is 43.9 Å². The maximum absolute atomic E-state index is 14.7. The minimum atomic E-state index is -3.17. The summed E-state index contributed by atoms with van der Waals surface area (Å²) in [5, 5.41) is 8.37. The van der Waals surface area contributed by atoms with Gasteiger partial charge in [-0.15, -0.1) is 0 Å². The molecule has 0 aliphatic carbocycles. The number of aromatic nitrogens is 4. The van der Waals surface area contributed by atoms with Gasteiger partial charge in [-0.25, -0.2) is 17.8 Å². The van der Waals surface area contributed by atoms with E-state index in [-0.39, 0.29) is 17.5 Å². The molecule has 0 aliphatic rings. The molecule has 0 amide bonds. The van der Waals surface area contributed by atoms with Gasteiger partial charge in [-0.2, -0.15) is 10.1 Å². The number of hydrogen-bond donors (Lipinski definition) is 1. The van der Waals surface area contributed by atoms with Crippen LogP contribution in [-0.4, -0.2) is 48.9 Å². The van der Waals surface area contributed by atoms with Crippen LogP contribution in [-0.2, 0) is 22.0 Å². The fourth-order valence-corrected chi connectivity index (χ4v) is 4.47. The van der Waals surface area contributed by atoms with Crippen LogP contribution in [0.1, 0.15) is 18.2 Å².